The molecule has 0 aliphatic heterocycles. The van der Waals surface area contributed by atoms with Crippen LogP contribution in [0.3, 0.4) is 0 Å². The quantitative estimate of drug-likeness (QED) is 0.365. The molecule has 7 heavy (non-hydrogen) atoms. The highest BCUT2D eigenvalue weighted by atomic mass is 79.9. The van der Waals surface area contributed by atoms with Gasteiger partial charge in [0.25, 0.3) is 0 Å². The summed E-state index contributed by atoms with van der Waals surface area (Å²) in [5, 5.41) is 0. The van der Waals surface area contributed by atoms with E-state index in [9.17, 15) is 0 Å². The molecule has 0 N–H and O–H groups in total. The summed E-state index contributed by atoms with van der Waals surface area (Å²) in [7, 11) is 0. The van der Waals surface area contributed by atoms with Crippen molar-refractivity contribution in [3.63, 3.8) is 0 Å². The fourth-order valence-electron chi connectivity index (χ4n) is 0. The van der Waals surface area contributed by atoms with Crippen molar-refractivity contribution in [1.82, 2.24) is 0 Å². The summed E-state index contributed by atoms with van der Waals surface area (Å²) in [5.41, 5.74) is 0. The van der Waals surface area contributed by atoms with E-state index < -0.39 is 6.73 Å². The normalized spacial score (nSPS) is 7.71. The van der Waals surface area contributed by atoms with Gasteiger partial charge in [-0.1, -0.05) is 31.9 Å². The van der Waals surface area contributed by atoms with Crippen LogP contribution in [0.2, 0.25) is 0 Å². The van der Waals surface area contributed by atoms with Crippen molar-refractivity contribution in [2.45, 2.75) is 0 Å². The minimum atomic E-state index is -1.46. The average Bonchev–Trinajstić information content (AvgIpc) is 1.33. The van der Waals surface area contributed by atoms with Gasteiger partial charge in [0.15, 0.2) is 0 Å². The Bertz CT molecular complexity index is 24.1. The maximum Gasteiger partial charge on any atom is 0.376 e. The third kappa shape index (κ3) is 70.2. The predicted octanol–water partition coefficient (Wildman–Crippen LogP) is 3.42. The molecule has 0 atom stereocenters. The highest BCUT2D eigenvalue weighted by molar-refractivity contribution is 9.24. The standard InChI is InChI=1S/CH2Br2.Cl3Si/c2-1-3;1-4(2)3/h1H2;. The largest absolute Gasteiger partial charge is 0.376 e. The van der Waals surface area contributed by atoms with Crippen LogP contribution in [0, 0.1) is 0 Å². The van der Waals surface area contributed by atoms with Crippen molar-refractivity contribution < 1.29 is 0 Å². The Morgan fingerprint density at radius 2 is 1.14 bits per heavy atom. The first-order valence-corrected chi connectivity index (χ1v) is 7.88. The molecular weight excluding hydrogens is 306 g/mol. The summed E-state index contributed by atoms with van der Waals surface area (Å²) in [5.74, 6) is 0. The van der Waals surface area contributed by atoms with Crippen molar-refractivity contribution in [2.24, 2.45) is 0 Å². The molecule has 6 heteroatoms. The van der Waals surface area contributed by atoms with Crippen molar-refractivity contribution in [3.8, 4) is 0 Å². The molecule has 0 heterocycles. The zero-order valence-corrected chi connectivity index (χ0v) is 9.54. The lowest BCUT2D eigenvalue weighted by atomic mass is 12.0. The van der Waals surface area contributed by atoms with E-state index >= 15 is 0 Å². The molecule has 0 amide bonds. The second kappa shape index (κ2) is 10.9. The summed E-state index contributed by atoms with van der Waals surface area (Å²) in [6, 6.07) is 0. The smallest absolute Gasteiger partial charge is 0.125 e. The van der Waals surface area contributed by atoms with Gasteiger partial charge in [-0.3, -0.25) is 0 Å². The summed E-state index contributed by atoms with van der Waals surface area (Å²) >= 11 is 20.8. The minimum absolute atomic E-state index is 0.875. The van der Waals surface area contributed by atoms with Crippen molar-refractivity contribution in [2.75, 3.05) is 4.24 Å². The molecule has 1 radical (unpaired) electrons. The Morgan fingerprint density at radius 1 is 1.14 bits per heavy atom. The Hall–Kier alpha value is 2.05. The second-order valence-electron chi connectivity index (χ2n) is 0.315. The third-order valence-electron chi connectivity index (χ3n) is 0. The van der Waals surface area contributed by atoms with Crippen molar-refractivity contribution >= 4 is 71.8 Å². The average molecular weight is 308 g/mol. The first-order valence-electron chi connectivity index (χ1n) is 1.10. The summed E-state index contributed by atoms with van der Waals surface area (Å²) in [6.07, 6.45) is 0. The SMILES string of the molecule is BrCBr.Cl[Si](Cl)Cl. The number of rotatable bonds is 0. The summed E-state index contributed by atoms with van der Waals surface area (Å²) in [4.78, 5) is 0. The zero-order chi connectivity index (χ0) is 6.28. The maximum absolute atomic E-state index is 4.91. The highest BCUT2D eigenvalue weighted by Crippen LogP contribution is 1.97. The molecule has 0 bridgehead atoms. The molecule has 0 aliphatic rings. The van der Waals surface area contributed by atoms with Crippen molar-refractivity contribution in [1.29, 1.82) is 0 Å². The van der Waals surface area contributed by atoms with Gasteiger partial charge in [0.05, 0.1) is 4.24 Å². The van der Waals surface area contributed by atoms with E-state index in [1.54, 1.807) is 0 Å². The molecule has 0 aromatic heterocycles. The molecule has 0 saturated heterocycles. The molecule has 45 valence electrons. The van der Waals surface area contributed by atoms with E-state index in [0.29, 0.717) is 0 Å². The van der Waals surface area contributed by atoms with Gasteiger partial charge in [0, 0.05) is 0 Å². The first-order chi connectivity index (χ1) is 3.15. The van der Waals surface area contributed by atoms with Gasteiger partial charge in [0.2, 0.25) is 0 Å². The lowest BCUT2D eigenvalue weighted by molar-refractivity contribution is 2.44. The number of hydrogen-bond donors (Lipinski definition) is 0. The zero-order valence-electron chi connectivity index (χ0n) is 3.10. The first kappa shape index (κ1) is 11.8. The minimum Gasteiger partial charge on any atom is -0.125 e. The summed E-state index contributed by atoms with van der Waals surface area (Å²) in [6.45, 7) is -1.46. The highest BCUT2D eigenvalue weighted by Gasteiger charge is 1.88. The van der Waals surface area contributed by atoms with Gasteiger partial charge in [-0.2, -0.15) is 0 Å². The Kier molecular flexibility index (Phi) is 18.4. The molecule has 0 rings (SSSR count). The Labute approximate surface area is 75.5 Å². The van der Waals surface area contributed by atoms with Crippen LogP contribution in [0.25, 0.3) is 0 Å². The van der Waals surface area contributed by atoms with Crippen LogP contribution in [0.5, 0.6) is 0 Å². The number of hydrogen-bond acceptors (Lipinski definition) is 0. The van der Waals surface area contributed by atoms with E-state index in [1.807, 2.05) is 0 Å². The van der Waals surface area contributed by atoms with Crippen LogP contribution in [-0.2, 0) is 0 Å². The van der Waals surface area contributed by atoms with Crippen LogP contribution >= 0.6 is 65.1 Å². The number of alkyl halides is 2. The van der Waals surface area contributed by atoms with Crippen molar-refractivity contribution in [3.05, 3.63) is 0 Å². The van der Waals surface area contributed by atoms with Gasteiger partial charge in [-0.05, 0) is 0 Å². The van der Waals surface area contributed by atoms with Gasteiger partial charge < -0.3 is 0 Å². The third-order valence-corrected chi connectivity index (χ3v) is 0. The molecule has 0 nitrogen and oxygen atoms in total. The fourth-order valence-corrected chi connectivity index (χ4v) is 0. The Morgan fingerprint density at radius 3 is 1.14 bits per heavy atom. The van der Waals surface area contributed by atoms with Crippen LogP contribution in [0.4, 0.5) is 0 Å². The van der Waals surface area contributed by atoms with Crippen LogP contribution < -0.4 is 0 Å². The van der Waals surface area contributed by atoms with Crippen LogP contribution in [0.1, 0.15) is 0 Å². The molecule has 0 fully saturated rings. The number of halogens is 5. The topological polar surface area (TPSA) is 0 Å². The molecule has 0 aromatic rings. The van der Waals surface area contributed by atoms with Gasteiger partial charge in [0.1, 0.15) is 0 Å². The lowest BCUT2D eigenvalue weighted by Gasteiger charge is -1.62. The van der Waals surface area contributed by atoms with Gasteiger partial charge in [-0.15, -0.1) is 33.2 Å². The van der Waals surface area contributed by atoms with E-state index in [-0.39, 0.29) is 0 Å². The van der Waals surface area contributed by atoms with E-state index in [4.69, 9.17) is 33.2 Å². The van der Waals surface area contributed by atoms with Crippen LogP contribution in [0.15, 0.2) is 0 Å². The van der Waals surface area contributed by atoms with Crippen LogP contribution in [-0.4, -0.2) is 11.0 Å². The van der Waals surface area contributed by atoms with E-state index in [1.165, 1.54) is 0 Å². The monoisotopic (exact) mass is 305 g/mol. The molecule has 0 unspecified atom stereocenters. The molecular formula is CH2Br2Cl3Si. The summed E-state index contributed by atoms with van der Waals surface area (Å²) < 4.78 is 0.875. The van der Waals surface area contributed by atoms with E-state index in [2.05, 4.69) is 31.9 Å². The second-order valence-corrected chi connectivity index (χ2v) is 8.51. The van der Waals surface area contributed by atoms with E-state index in [0.717, 1.165) is 4.24 Å². The molecule has 0 aromatic carbocycles. The Balaban J connectivity index is 0. The van der Waals surface area contributed by atoms with Gasteiger partial charge >= 0.3 is 6.73 Å². The maximum atomic E-state index is 4.91. The molecule has 0 spiro atoms. The lowest BCUT2D eigenvalue weighted by Crippen LogP contribution is -1.66. The van der Waals surface area contributed by atoms with Gasteiger partial charge in [-0.25, -0.2) is 0 Å². The molecule has 0 aliphatic carbocycles. The fraction of sp³-hybridized carbons (Fsp3) is 1.00. The molecule has 0 saturated carbocycles. The predicted molar refractivity (Wildman–Crippen MR) is 46.0 cm³/mol.